The standard InChI is InChI=1S/C17H19N5/c1-2-5-15-14(4-1)20-17(21-15)13-6-8-19-16(12-13)22-10-3-7-18-9-11-22/h1-2,4-6,8,12,18H,3,7,9-11H2,(H,20,21). The molecular weight excluding hydrogens is 274 g/mol. The molecule has 5 nitrogen and oxygen atoms in total. The van der Waals surface area contributed by atoms with Gasteiger partial charge in [-0.1, -0.05) is 12.1 Å². The van der Waals surface area contributed by atoms with E-state index in [1.165, 1.54) is 0 Å². The maximum absolute atomic E-state index is 4.67. The number of nitrogens with zero attached hydrogens (tertiary/aromatic N) is 3. The fraction of sp³-hybridized carbons (Fsp3) is 0.294. The van der Waals surface area contributed by atoms with Gasteiger partial charge in [0.15, 0.2) is 0 Å². The Balaban J connectivity index is 1.68. The van der Waals surface area contributed by atoms with Crippen LogP contribution in [0.1, 0.15) is 6.42 Å². The van der Waals surface area contributed by atoms with Crippen LogP contribution in [0.2, 0.25) is 0 Å². The van der Waals surface area contributed by atoms with Crippen molar-refractivity contribution in [2.45, 2.75) is 6.42 Å². The summed E-state index contributed by atoms with van der Waals surface area (Å²) in [5.41, 5.74) is 3.14. The van der Waals surface area contributed by atoms with Crippen molar-refractivity contribution in [3.8, 4) is 11.4 Å². The van der Waals surface area contributed by atoms with Crippen LogP contribution in [0, 0.1) is 0 Å². The monoisotopic (exact) mass is 293 g/mol. The number of anilines is 1. The Morgan fingerprint density at radius 1 is 1.05 bits per heavy atom. The lowest BCUT2D eigenvalue weighted by atomic mass is 10.2. The van der Waals surface area contributed by atoms with Crippen molar-refractivity contribution in [2.75, 3.05) is 31.1 Å². The number of fused-ring (bicyclic) bond motifs is 1. The zero-order valence-electron chi connectivity index (χ0n) is 12.4. The SMILES string of the molecule is c1ccc2[nH]c(-c3ccnc(N4CCCNCC4)c3)nc2c1. The van der Waals surface area contributed by atoms with Gasteiger partial charge in [-0.05, 0) is 37.2 Å². The predicted octanol–water partition coefficient (Wildman–Crippen LogP) is 2.42. The van der Waals surface area contributed by atoms with Gasteiger partial charge < -0.3 is 15.2 Å². The van der Waals surface area contributed by atoms with Gasteiger partial charge in [0.1, 0.15) is 11.6 Å². The number of H-pyrrole nitrogens is 1. The number of para-hydroxylation sites is 2. The van der Waals surface area contributed by atoms with Gasteiger partial charge in [0.25, 0.3) is 0 Å². The fourth-order valence-corrected chi connectivity index (χ4v) is 2.90. The molecule has 0 atom stereocenters. The van der Waals surface area contributed by atoms with Crippen LogP contribution in [0.4, 0.5) is 5.82 Å². The van der Waals surface area contributed by atoms with Crippen molar-refractivity contribution in [1.29, 1.82) is 0 Å². The second-order valence-corrected chi connectivity index (χ2v) is 5.60. The van der Waals surface area contributed by atoms with E-state index in [4.69, 9.17) is 0 Å². The van der Waals surface area contributed by atoms with Gasteiger partial charge in [-0.2, -0.15) is 0 Å². The molecular formula is C17H19N5. The van der Waals surface area contributed by atoms with Crippen molar-refractivity contribution < 1.29 is 0 Å². The van der Waals surface area contributed by atoms with E-state index >= 15 is 0 Å². The summed E-state index contributed by atoms with van der Waals surface area (Å²) in [5, 5.41) is 3.42. The highest BCUT2D eigenvalue weighted by molar-refractivity contribution is 5.79. The number of hydrogen-bond acceptors (Lipinski definition) is 4. The molecule has 1 aliphatic heterocycles. The molecule has 4 rings (SSSR count). The first-order valence-electron chi connectivity index (χ1n) is 7.77. The van der Waals surface area contributed by atoms with Crippen LogP contribution in [0.5, 0.6) is 0 Å². The average Bonchev–Trinajstić information content (AvgIpc) is 2.81. The number of rotatable bonds is 2. The second-order valence-electron chi connectivity index (χ2n) is 5.60. The molecule has 1 aromatic carbocycles. The van der Waals surface area contributed by atoms with Crippen LogP contribution in [0.15, 0.2) is 42.6 Å². The number of hydrogen-bond donors (Lipinski definition) is 2. The molecule has 0 unspecified atom stereocenters. The van der Waals surface area contributed by atoms with Crippen molar-refractivity contribution in [2.24, 2.45) is 0 Å². The minimum Gasteiger partial charge on any atom is -0.355 e. The first kappa shape index (κ1) is 13.3. The molecule has 2 aromatic heterocycles. The topological polar surface area (TPSA) is 56.8 Å². The predicted molar refractivity (Wildman–Crippen MR) is 89.0 cm³/mol. The summed E-state index contributed by atoms with van der Waals surface area (Å²) in [7, 11) is 0. The first-order valence-corrected chi connectivity index (χ1v) is 7.77. The van der Waals surface area contributed by atoms with E-state index in [0.29, 0.717) is 0 Å². The highest BCUT2D eigenvalue weighted by Crippen LogP contribution is 2.23. The molecule has 0 saturated carbocycles. The highest BCUT2D eigenvalue weighted by atomic mass is 15.2. The molecule has 0 aliphatic carbocycles. The summed E-state index contributed by atoms with van der Waals surface area (Å²) >= 11 is 0. The van der Waals surface area contributed by atoms with E-state index in [1.807, 2.05) is 30.5 Å². The average molecular weight is 293 g/mol. The van der Waals surface area contributed by atoms with Crippen LogP contribution in [0.3, 0.4) is 0 Å². The first-order chi connectivity index (χ1) is 10.9. The van der Waals surface area contributed by atoms with Crippen molar-refractivity contribution in [1.82, 2.24) is 20.3 Å². The Morgan fingerprint density at radius 3 is 2.95 bits per heavy atom. The molecule has 3 aromatic rings. The third-order valence-corrected chi connectivity index (χ3v) is 4.07. The number of benzene rings is 1. The Hall–Kier alpha value is -2.40. The number of aromatic nitrogens is 3. The van der Waals surface area contributed by atoms with Crippen LogP contribution in [-0.2, 0) is 0 Å². The molecule has 0 spiro atoms. The van der Waals surface area contributed by atoms with E-state index in [2.05, 4.69) is 37.3 Å². The number of nitrogens with one attached hydrogen (secondary N) is 2. The van der Waals surface area contributed by atoms with Gasteiger partial charge in [-0.15, -0.1) is 0 Å². The quantitative estimate of drug-likeness (QED) is 0.762. The zero-order valence-corrected chi connectivity index (χ0v) is 12.4. The van der Waals surface area contributed by atoms with Gasteiger partial charge in [0, 0.05) is 31.4 Å². The molecule has 1 aliphatic rings. The molecule has 0 amide bonds. The summed E-state index contributed by atoms with van der Waals surface area (Å²) < 4.78 is 0. The largest absolute Gasteiger partial charge is 0.355 e. The lowest BCUT2D eigenvalue weighted by Gasteiger charge is -2.21. The van der Waals surface area contributed by atoms with Crippen molar-refractivity contribution in [3.63, 3.8) is 0 Å². The van der Waals surface area contributed by atoms with Crippen molar-refractivity contribution >= 4 is 16.9 Å². The van der Waals surface area contributed by atoms with Gasteiger partial charge >= 0.3 is 0 Å². The van der Waals surface area contributed by atoms with Gasteiger partial charge in [0.05, 0.1) is 11.0 Å². The van der Waals surface area contributed by atoms with Crippen LogP contribution >= 0.6 is 0 Å². The molecule has 1 saturated heterocycles. The maximum atomic E-state index is 4.67. The minimum absolute atomic E-state index is 0.901. The second kappa shape index (κ2) is 5.77. The lowest BCUT2D eigenvalue weighted by Crippen LogP contribution is -2.28. The molecule has 2 N–H and O–H groups in total. The summed E-state index contributed by atoms with van der Waals surface area (Å²) in [4.78, 5) is 14.9. The van der Waals surface area contributed by atoms with Crippen LogP contribution < -0.4 is 10.2 Å². The normalized spacial score (nSPS) is 15.9. The highest BCUT2D eigenvalue weighted by Gasteiger charge is 2.12. The van der Waals surface area contributed by atoms with Crippen molar-refractivity contribution in [3.05, 3.63) is 42.6 Å². The van der Waals surface area contributed by atoms with Crippen LogP contribution in [0.25, 0.3) is 22.4 Å². The molecule has 0 radical (unpaired) electrons. The summed E-state index contributed by atoms with van der Waals surface area (Å²) in [6.07, 6.45) is 3.02. The lowest BCUT2D eigenvalue weighted by molar-refractivity contribution is 0.724. The van der Waals surface area contributed by atoms with E-state index in [9.17, 15) is 0 Å². The Kier molecular flexibility index (Phi) is 3.48. The number of imidazole rings is 1. The summed E-state index contributed by atoms with van der Waals surface area (Å²) in [6, 6.07) is 12.2. The summed E-state index contributed by atoms with van der Waals surface area (Å²) in [6.45, 7) is 4.14. The summed E-state index contributed by atoms with van der Waals surface area (Å²) in [5.74, 6) is 1.93. The number of pyridine rings is 1. The third-order valence-electron chi connectivity index (χ3n) is 4.07. The van der Waals surface area contributed by atoms with E-state index in [-0.39, 0.29) is 0 Å². The van der Waals surface area contributed by atoms with Gasteiger partial charge in [-0.3, -0.25) is 0 Å². The third kappa shape index (κ3) is 2.55. The molecule has 5 heteroatoms. The minimum atomic E-state index is 0.901. The zero-order chi connectivity index (χ0) is 14.8. The van der Waals surface area contributed by atoms with Gasteiger partial charge in [0.2, 0.25) is 0 Å². The Labute approximate surface area is 129 Å². The van der Waals surface area contributed by atoms with E-state index < -0.39 is 0 Å². The van der Waals surface area contributed by atoms with Gasteiger partial charge in [-0.25, -0.2) is 9.97 Å². The number of aromatic amines is 1. The smallest absolute Gasteiger partial charge is 0.138 e. The molecule has 0 bridgehead atoms. The maximum Gasteiger partial charge on any atom is 0.138 e. The Morgan fingerprint density at radius 2 is 2.00 bits per heavy atom. The van der Waals surface area contributed by atoms with E-state index in [1.54, 1.807) is 0 Å². The Bertz CT molecular complexity index is 738. The molecule has 112 valence electrons. The van der Waals surface area contributed by atoms with E-state index in [0.717, 1.165) is 60.8 Å². The molecule has 3 heterocycles. The molecule has 22 heavy (non-hydrogen) atoms. The molecule has 1 fully saturated rings. The fourth-order valence-electron chi connectivity index (χ4n) is 2.90. The van der Waals surface area contributed by atoms with Crippen LogP contribution in [-0.4, -0.2) is 41.1 Å².